The SMILES string of the molecule is Cc1cc(N(c2cc(C)c(-c3nc4cccnc4n3-c3ccccc3)cc2C)c2cc(C)c(-c3nc4cccnc4n3-c3ccccc3)cc2C)c(C)cc1-c1nc2cccnc2n1-c1ccccc1. The van der Waals surface area contributed by atoms with Crippen LogP contribution in [-0.4, -0.2) is 43.6 Å². The van der Waals surface area contributed by atoms with Crippen LogP contribution in [0.25, 0.3) is 84.7 Å². The second-order valence-electron chi connectivity index (χ2n) is 18.1. The summed E-state index contributed by atoms with van der Waals surface area (Å²) in [5, 5.41) is 0. The third kappa shape index (κ3) is 7.03. The van der Waals surface area contributed by atoms with Crippen molar-refractivity contribution >= 4 is 50.6 Å². The van der Waals surface area contributed by atoms with Gasteiger partial charge < -0.3 is 4.90 Å². The molecule has 0 aliphatic carbocycles. The van der Waals surface area contributed by atoms with Crippen molar-refractivity contribution in [1.29, 1.82) is 0 Å². The van der Waals surface area contributed by atoms with Crippen molar-refractivity contribution < 1.29 is 0 Å². The smallest absolute Gasteiger partial charge is 0.164 e. The Kier molecular flexibility index (Phi) is 10.2. The van der Waals surface area contributed by atoms with Gasteiger partial charge in [0.1, 0.15) is 34.0 Å². The molecule has 0 saturated carbocycles. The monoisotopic (exact) mass is 908 g/mol. The van der Waals surface area contributed by atoms with Gasteiger partial charge in [-0.25, -0.2) is 29.9 Å². The Morgan fingerprint density at radius 1 is 0.314 bits per heavy atom. The van der Waals surface area contributed by atoms with Crippen LogP contribution in [0.15, 0.2) is 182 Å². The third-order valence-electron chi connectivity index (χ3n) is 13.4. The lowest BCUT2D eigenvalue weighted by atomic mass is 9.96. The quantitative estimate of drug-likeness (QED) is 0.142. The fourth-order valence-corrected chi connectivity index (χ4v) is 9.98. The molecule has 6 heterocycles. The summed E-state index contributed by atoms with van der Waals surface area (Å²) in [5.74, 6) is 2.54. The van der Waals surface area contributed by atoms with Crippen LogP contribution in [0, 0.1) is 41.5 Å². The minimum Gasteiger partial charge on any atom is -0.310 e. The highest BCUT2D eigenvalue weighted by molar-refractivity contribution is 5.90. The van der Waals surface area contributed by atoms with E-state index in [1.165, 1.54) is 0 Å². The van der Waals surface area contributed by atoms with E-state index < -0.39 is 0 Å². The molecule has 6 aromatic carbocycles. The molecule has 12 rings (SSSR count). The van der Waals surface area contributed by atoms with Gasteiger partial charge in [-0.15, -0.1) is 0 Å². The molecule has 10 nitrogen and oxygen atoms in total. The fraction of sp³-hybridized carbons (Fsp3) is 0.100. The van der Waals surface area contributed by atoms with Crippen LogP contribution in [0.3, 0.4) is 0 Å². The number of aryl methyl sites for hydroxylation is 6. The van der Waals surface area contributed by atoms with Crippen molar-refractivity contribution in [2.45, 2.75) is 41.5 Å². The summed E-state index contributed by atoms with van der Waals surface area (Å²) in [4.78, 5) is 32.6. The van der Waals surface area contributed by atoms with Gasteiger partial charge in [0.25, 0.3) is 0 Å². The first-order valence-electron chi connectivity index (χ1n) is 23.5. The summed E-state index contributed by atoms with van der Waals surface area (Å²) in [6, 6.07) is 56.9. The third-order valence-corrected chi connectivity index (χ3v) is 13.4. The molecule has 0 spiro atoms. The van der Waals surface area contributed by atoms with E-state index >= 15 is 0 Å². The number of anilines is 3. The summed E-state index contributed by atoms with van der Waals surface area (Å²) in [7, 11) is 0. The molecule has 10 heteroatoms. The predicted octanol–water partition coefficient (Wildman–Crippen LogP) is 14.2. The zero-order valence-corrected chi connectivity index (χ0v) is 39.8. The Morgan fingerprint density at radius 3 is 0.886 bits per heavy atom. The van der Waals surface area contributed by atoms with E-state index in [-0.39, 0.29) is 0 Å². The van der Waals surface area contributed by atoms with Crippen molar-refractivity contribution in [1.82, 2.24) is 43.6 Å². The van der Waals surface area contributed by atoms with Gasteiger partial charge in [0.2, 0.25) is 0 Å². The molecule has 0 fully saturated rings. The highest BCUT2D eigenvalue weighted by Crippen LogP contribution is 2.46. The molecule has 12 aromatic rings. The van der Waals surface area contributed by atoms with E-state index in [9.17, 15) is 0 Å². The molecule has 0 saturated heterocycles. The molecular formula is C60H48N10. The van der Waals surface area contributed by atoms with Crippen LogP contribution in [-0.2, 0) is 0 Å². The molecule has 0 bridgehead atoms. The lowest BCUT2D eigenvalue weighted by Crippen LogP contribution is -2.16. The Hall–Kier alpha value is -9.02. The second kappa shape index (κ2) is 16.9. The van der Waals surface area contributed by atoms with Gasteiger partial charge >= 0.3 is 0 Å². The van der Waals surface area contributed by atoms with Gasteiger partial charge in [-0.3, -0.25) is 13.7 Å². The number of rotatable bonds is 9. The maximum Gasteiger partial charge on any atom is 0.164 e. The number of hydrogen-bond donors (Lipinski definition) is 0. The van der Waals surface area contributed by atoms with Crippen LogP contribution in [0.4, 0.5) is 17.1 Å². The molecule has 0 aliphatic rings. The number of benzene rings is 6. The number of hydrogen-bond acceptors (Lipinski definition) is 7. The van der Waals surface area contributed by atoms with Crippen LogP contribution >= 0.6 is 0 Å². The van der Waals surface area contributed by atoms with Gasteiger partial charge in [0.05, 0.1) is 0 Å². The number of imidazole rings is 3. The Bertz CT molecular complexity index is 3550. The molecule has 0 atom stereocenters. The minimum absolute atomic E-state index is 0.817. The van der Waals surface area contributed by atoms with Gasteiger partial charge in [-0.1, -0.05) is 54.6 Å². The lowest BCUT2D eigenvalue weighted by molar-refractivity contribution is 1.07. The van der Waals surface area contributed by atoms with E-state index in [2.05, 4.69) is 169 Å². The van der Waals surface area contributed by atoms with E-state index in [0.717, 1.165) is 135 Å². The topological polar surface area (TPSA) is 95.4 Å². The summed E-state index contributed by atoms with van der Waals surface area (Å²) >= 11 is 0. The lowest BCUT2D eigenvalue weighted by Gasteiger charge is -2.32. The van der Waals surface area contributed by atoms with E-state index in [1.807, 2.05) is 73.2 Å². The first kappa shape index (κ1) is 42.3. The summed E-state index contributed by atoms with van der Waals surface area (Å²) in [5.41, 5.74) is 20.8. The molecule has 0 radical (unpaired) electrons. The molecule has 0 N–H and O–H groups in total. The fourth-order valence-electron chi connectivity index (χ4n) is 9.98. The van der Waals surface area contributed by atoms with Crippen LogP contribution in [0.2, 0.25) is 0 Å². The normalized spacial score (nSPS) is 11.6. The van der Waals surface area contributed by atoms with Crippen molar-refractivity contribution in [2.24, 2.45) is 0 Å². The van der Waals surface area contributed by atoms with E-state index in [1.54, 1.807) is 0 Å². The maximum atomic E-state index is 5.23. The summed E-state index contributed by atoms with van der Waals surface area (Å²) in [6.07, 6.45) is 5.50. The van der Waals surface area contributed by atoms with Crippen molar-refractivity contribution in [3.8, 4) is 51.2 Å². The zero-order chi connectivity index (χ0) is 47.6. The summed E-state index contributed by atoms with van der Waals surface area (Å²) < 4.78 is 6.51. The first-order chi connectivity index (χ1) is 34.2. The van der Waals surface area contributed by atoms with Gasteiger partial charge in [-0.2, -0.15) is 0 Å². The average Bonchev–Trinajstić information content (AvgIpc) is 4.09. The van der Waals surface area contributed by atoms with Crippen LogP contribution < -0.4 is 4.90 Å². The highest BCUT2D eigenvalue weighted by atomic mass is 15.2. The van der Waals surface area contributed by atoms with Crippen LogP contribution in [0.1, 0.15) is 33.4 Å². The first-order valence-corrected chi connectivity index (χ1v) is 23.5. The molecule has 0 aliphatic heterocycles. The average molecular weight is 909 g/mol. The number of fused-ring (bicyclic) bond motifs is 3. The van der Waals surface area contributed by atoms with Crippen molar-refractivity contribution in [3.05, 3.63) is 216 Å². The maximum absolute atomic E-state index is 5.23. The zero-order valence-electron chi connectivity index (χ0n) is 39.8. The standard InChI is InChI=1S/C60H48N10/c1-37-34-52(40(4)31-46(37)55-64-49-25-16-28-61-58(49)67(55)43-19-10-7-11-20-43)70(53-35-38(2)47(32-41(53)5)56-65-50-26-17-29-62-59(50)68(56)44-21-12-8-13-22-44)54-36-39(3)48(33-42(54)6)57-66-51-27-18-30-63-60(51)69(57)45-23-14-9-15-24-45/h7-36H,1-6H3. The minimum atomic E-state index is 0.817. The van der Waals surface area contributed by atoms with Gasteiger partial charge in [-0.05, 0) is 184 Å². The van der Waals surface area contributed by atoms with E-state index in [0.29, 0.717) is 0 Å². The highest BCUT2D eigenvalue weighted by Gasteiger charge is 2.27. The Morgan fingerprint density at radius 2 is 0.600 bits per heavy atom. The molecule has 338 valence electrons. The predicted molar refractivity (Wildman–Crippen MR) is 283 cm³/mol. The van der Waals surface area contributed by atoms with Crippen LogP contribution in [0.5, 0.6) is 0 Å². The largest absolute Gasteiger partial charge is 0.310 e. The van der Waals surface area contributed by atoms with Crippen molar-refractivity contribution in [3.63, 3.8) is 0 Å². The number of nitrogens with zero attached hydrogens (tertiary/aromatic N) is 10. The van der Waals surface area contributed by atoms with E-state index in [4.69, 9.17) is 29.9 Å². The number of pyridine rings is 3. The Labute approximate surface area is 405 Å². The number of para-hydroxylation sites is 3. The van der Waals surface area contributed by atoms with Crippen molar-refractivity contribution in [2.75, 3.05) is 4.90 Å². The van der Waals surface area contributed by atoms with Gasteiger partial charge in [0.15, 0.2) is 16.9 Å². The number of aromatic nitrogens is 9. The molecule has 70 heavy (non-hydrogen) atoms. The molecular weight excluding hydrogens is 861 g/mol. The summed E-state index contributed by atoms with van der Waals surface area (Å²) in [6.45, 7) is 13.2. The van der Waals surface area contributed by atoms with Gasteiger partial charge in [0, 0.05) is 69.4 Å². The second-order valence-corrected chi connectivity index (χ2v) is 18.1. The molecule has 0 amide bonds. The Balaban J connectivity index is 1.07. The molecule has 0 unspecified atom stereocenters. The molecule has 6 aromatic heterocycles.